The van der Waals surface area contributed by atoms with Crippen LogP contribution in [0.5, 0.6) is 5.75 Å². The van der Waals surface area contributed by atoms with Crippen LogP contribution in [-0.2, 0) is 7.05 Å². The van der Waals surface area contributed by atoms with Crippen LogP contribution in [0.4, 0.5) is 5.69 Å². The third-order valence-corrected chi connectivity index (χ3v) is 6.08. The van der Waals surface area contributed by atoms with Gasteiger partial charge in [-0.25, -0.2) is 9.97 Å². The fourth-order valence-corrected chi connectivity index (χ4v) is 4.39. The number of hydrogen-bond acceptors (Lipinski definition) is 7. The second-order valence-electron chi connectivity index (χ2n) is 8.33. The Labute approximate surface area is 191 Å². The summed E-state index contributed by atoms with van der Waals surface area (Å²) in [6, 6.07) is 7.77. The van der Waals surface area contributed by atoms with E-state index in [9.17, 15) is 9.90 Å². The first-order chi connectivity index (χ1) is 16.0. The summed E-state index contributed by atoms with van der Waals surface area (Å²) in [6.07, 6.45) is 1.89. The van der Waals surface area contributed by atoms with Crippen molar-refractivity contribution in [3.05, 3.63) is 41.7 Å². The van der Waals surface area contributed by atoms with E-state index in [1.807, 2.05) is 51.4 Å². The number of amides is 1. The Balaban J connectivity index is 1.70. The van der Waals surface area contributed by atoms with Gasteiger partial charge in [0.25, 0.3) is 5.91 Å². The van der Waals surface area contributed by atoms with Gasteiger partial charge in [-0.2, -0.15) is 5.10 Å². The largest absolute Gasteiger partial charge is 0.507 e. The van der Waals surface area contributed by atoms with Crippen LogP contribution in [0.25, 0.3) is 33.2 Å². The van der Waals surface area contributed by atoms with Gasteiger partial charge in [0.1, 0.15) is 11.4 Å². The maximum Gasteiger partial charge on any atom is 0.270 e. The first-order valence-electron chi connectivity index (χ1n) is 11.2. The minimum absolute atomic E-state index is 0.0693. The fourth-order valence-electron chi connectivity index (χ4n) is 4.39. The molecule has 9 heteroatoms. The average molecular weight is 446 g/mol. The Morgan fingerprint density at radius 3 is 2.76 bits per heavy atom. The first kappa shape index (κ1) is 21.1. The van der Waals surface area contributed by atoms with Crippen molar-refractivity contribution in [1.82, 2.24) is 30.4 Å². The van der Waals surface area contributed by atoms with E-state index in [1.54, 1.807) is 4.68 Å². The second kappa shape index (κ2) is 8.32. The lowest BCUT2D eigenvalue weighted by atomic mass is 10.0. The van der Waals surface area contributed by atoms with Crippen LogP contribution < -0.4 is 15.5 Å². The normalized spacial score (nSPS) is 14.2. The molecular weight excluding hydrogens is 418 g/mol. The molecule has 0 aliphatic carbocycles. The first-order valence-corrected chi connectivity index (χ1v) is 11.2. The smallest absolute Gasteiger partial charge is 0.270 e. The van der Waals surface area contributed by atoms with E-state index in [0.29, 0.717) is 40.1 Å². The maximum absolute atomic E-state index is 13.0. The number of carbonyl (C=O) groups is 1. The minimum Gasteiger partial charge on any atom is -0.507 e. The summed E-state index contributed by atoms with van der Waals surface area (Å²) in [5.41, 5.74) is 3.86. The molecule has 2 aromatic heterocycles. The van der Waals surface area contributed by atoms with E-state index in [2.05, 4.69) is 25.6 Å². The Morgan fingerprint density at radius 2 is 2.00 bits per heavy atom. The molecule has 1 amide bonds. The van der Waals surface area contributed by atoms with Gasteiger partial charge in [0.2, 0.25) is 0 Å². The highest BCUT2D eigenvalue weighted by atomic mass is 16.3. The van der Waals surface area contributed by atoms with E-state index in [-0.39, 0.29) is 11.7 Å². The second-order valence-corrected chi connectivity index (χ2v) is 8.33. The number of rotatable bonds is 4. The zero-order valence-electron chi connectivity index (χ0n) is 19.0. The zero-order valence-corrected chi connectivity index (χ0v) is 19.0. The molecule has 1 aliphatic heterocycles. The van der Waals surface area contributed by atoms with Crippen LogP contribution in [0.2, 0.25) is 0 Å². The third-order valence-electron chi connectivity index (χ3n) is 6.08. The quantitative estimate of drug-likeness (QED) is 0.443. The van der Waals surface area contributed by atoms with Gasteiger partial charge in [-0.3, -0.25) is 9.48 Å². The van der Waals surface area contributed by atoms with Crippen molar-refractivity contribution in [3.8, 4) is 17.1 Å². The standard InChI is InChI=1S/C24H27N7O2/c1-4-26-24(33)21-17-12-16(31-9-7-25-8-10-31)5-6-19(17)27-23(28-21)18-11-15-13-30(3)29-20(15)14(2)22(18)32/h5-6,11-13,25,32H,4,7-10H2,1-3H3,(H,26,33). The number of benzene rings is 2. The summed E-state index contributed by atoms with van der Waals surface area (Å²) in [5, 5.41) is 23.1. The molecule has 5 rings (SSSR count). The summed E-state index contributed by atoms with van der Waals surface area (Å²) < 4.78 is 1.71. The predicted molar refractivity (Wildman–Crippen MR) is 129 cm³/mol. The van der Waals surface area contributed by atoms with Gasteiger partial charge in [-0.1, -0.05) is 0 Å². The van der Waals surface area contributed by atoms with Crippen LogP contribution in [0.15, 0.2) is 30.5 Å². The SMILES string of the molecule is CCNC(=O)c1nc(-c2cc3cn(C)nc3c(C)c2O)nc2ccc(N3CCNCC3)cc12. The third kappa shape index (κ3) is 3.74. The van der Waals surface area contributed by atoms with Crippen molar-refractivity contribution < 1.29 is 9.90 Å². The number of piperazine rings is 1. The van der Waals surface area contributed by atoms with Gasteiger partial charge >= 0.3 is 0 Å². The van der Waals surface area contributed by atoms with Gasteiger partial charge in [-0.15, -0.1) is 0 Å². The lowest BCUT2D eigenvalue weighted by Gasteiger charge is -2.29. The van der Waals surface area contributed by atoms with Crippen molar-refractivity contribution >= 4 is 33.4 Å². The summed E-state index contributed by atoms with van der Waals surface area (Å²) >= 11 is 0. The van der Waals surface area contributed by atoms with Crippen molar-refractivity contribution in [2.24, 2.45) is 7.05 Å². The van der Waals surface area contributed by atoms with Crippen molar-refractivity contribution in [1.29, 1.82) is 0 Å². The molecule has 2 aromatic carbocycles. The Hall–Kier alpha value is -3.72. The molecule has 0 radical (unpaired) electrons. The summed E-state index contributed by atoms with van der Waals surface area (Å²) in [4.78, 5) is 24.7. The predicted octanol–water partition coefficient (Wildman–Crippen LogP) is 2.36. The molecule has 0 atom stereocenters. The van der Waals surface area contributed by atoms with Crippen molar-refractivity contribution in [3.63, 3.8) is 0 Å². The van der Waals surface area contributed by atoms with Gasteiger partial charge < -0.3 is 20.6 Å². The molecule has 3 heterocycles. The number of nitrogens with zero attached hydrogens (tertiary/aromatic N) is 5. The van der Waals surface area contributed by atoms with Gasteiger partial charge in [0.05, 0.1) is 16.6 Å². The number of aromatic hydroxyl groups is 1. The monoisotopic (exact) mass is 445 g/mol. The summed E-state index contributed by atoms with van der Waals surface area (Å²) in [5.74, 6) is 0.118. The molecule has 1 aliphatic rings. The van der Waals surface area contributed by atoms with Crippen molar-refractivity contribution in [2.45, 2.75) is 13.8 Å². The molecule has 4 aromatic rings. The molecule has 1 saturated heterocycles. The molecule has 9 nitrogen and oxygen atoms in total. The Morgan fingerprint density at radius 1 is 1.21 bits per heavy atom. The molecule has 0 unspecified atom stereocenters. The molecule has 1 fully saturated rings. The molecular formula is C24H27N7O2. The topological polar surface area (TPSA) is 108 Å². The van der Waals surface area contributed by atoms with Crippen molar-refractivity contribution in [2.75, 3.05) is 37.6 Å². The molecule has 33 heavy (non-hydrogen) atoms. The number of anilines is 1. The van der Waals surface area contributed by atoms with Crippen LogP contribution >= 0.6 is 0 Å². The average Bonchev–Trinajstić information content (AvgIpc) is 3.21. The summed E-state index contributed by atoms with van der Waals surface area (Å²) in [6.45, 7) is 7.83. The van der Waals surface area contributed by atoms with E-state index in [0.717, 1.165) is 42.8 Å². The highest BCUT2D eigenvalue weighted by Crippen LogP contribution is 2.36. The lowest BCUT2D eigenvalue weighted by molar-refractivity contribution is 0.0952. The highest BCUT2D eigenvalue weighted by molar-refractivity contribution is 6.06. The lowest BCUT2D eigenvalue weighted by Crippen LogP contribution is -2.43. The molecule has 170 valence electrons. The minimum atomic E-state index is -0.262. The van der Waals surface area contributed by atoms with E-state index < -0.39 is 0 Å². The molecule has 0 saturated carbocycles. The Bertz CT molecular complexity index is 1370. The fraction of sp³-hybridized carbons (Fsp3) is 0.333. The maximum atomic E-state index is 13.0. The Kier molecular flexibility index (Phi) is 5.33. The van der Waals surface area contributed by atoms with Crippen LogP contribution in [0.3, 0.4) is 0 Å². The van der Waals surface area contributed by atoms with Crippen LogP contribution in [0, 0.1) is 6.92 Å². The van der Waals surface area contributed by atoms with E-state index in [1.165, 1.54) is 0 Å². The number of hydrogen-bond donors (Lipinski definition) is 3. The summed E-state index contributed by atoms with van der Waals surface area (Å²) in [7, 11) is 1.84. The highest BCUT2D eigenvalue weighted by Gasteiger charge is 2.21. The number of fused-ring (bicyclic) bond motifs is 2. The number of nitrogens with one attached hydrogen (secondary N) is 2. The number of phenols is 1. The molecule has 3 N–H and O–H groups in total. The number of phenolic OH excluding ortho intramolecular Hbond substituents is 1. The van der Waals surface area contributed by atoms with Gasteiger partial charge in [-0.05, 0) is 38.1 Å². The van der Waals surface area contributed by atoms with Gasteiger partial charge in [0, 0.05) is 68.0 Å². The zero-order chi connectivity index (χ0) is 23.1. The number of aryl methyl sites for hydroxylation is 2. The van der Waals surface area contributed by atoms with Crippen LogP contribution in [-0.4, -0.2) is 63.5 Å². The van der Waals surface area contributed by atoms with Crippen LogP contribution in [0.1, 0.15) is 23.0 Å². The number of aromatic nitrogens is 4. The van der Waals surface area contributed by atoms with E-state index in [4.69, 9.17) is 4.98 Å². The van der Waals surface area contributed by atoms with E-state index >= 15 is 0 Å². The number of carbonyl (C=O) groups excluding carboxylic acids is 1. The molecule has 0 bridgehead atoms. The molecule has 0 spiro atoms. The van der Waals surface area contributed by atoms with Gasteiger partial charge in [0.15, 0.2) is 5.82 Å².